The summed E-state index contributed by atoms with van der Waals surface area (Å²) in [7, 11) is 0. The van der Waals surface area contributed by atoms with Crippen LogP contribution in [0.2, 0.25) is 0 Å². The van der Waals surface area contributed by atoms with Crippen LogP contribution in [0.4, 0.5) is 0 Å². The van der Waals surface area contributed by atoms with Gasteiger partial charge in [0, 0.05) is 9.49 Å². The van der Waals surface area contributed by atoms with Crippen LogP contribution in [0.15, 0.2) is 10.8 Å². The highest BCUT2D eigenvalue weighted by molar-refractivity contribution is 8.22. The van der Waals surface area contributed by atoms with E-state index in [1.54, 1.807) is 0 Å². The molecule has 0 saturated heterocycles. The van der Waals surface area contributed by atoms with E-state index in [2.05, 4.69) is 27.4 Å². The van der Waals surface area contributed by atoms with E-state index in [0.717, 1.165) is 0 Å². The SMILES string of the molecule is C=C(SCCC)SC(C)C. The van der Waals surface area contributed by atoms with Crippen LogP contribution in [0, 0.1) is 0 Å². The molecule has 0 aromatic heterocycles. The largest absolute Gasteiger partial charge is 0.120 e. The second-order valence-corrected chi connectivity index (χ2v) is 5.51. The van der Waals surface area contributed by atoms with Crippen molar-refractivity contribution in [2.45, 2.75) is 32.4 Å². The summed E-state index contributed by atoms with van der Waals surface area (Å²) in [5.41, 5.74) is 0. The van der Waals surface area contributed by atoms with Gasteiger partial charge in [0.2, 0.25) is 0 Å². The fourth-order valence-corrected chi connectivity index (χ4v) is 2.57. The van der Waals surface area contributed by atoms with Gasteiger partial charge in [-0.2, -0.15) is 0 Å². The second-order valence-electron chi connectivity index (χ2n) is 2.39. The van der Waals surface area contributed by atoms with E-state index in [-0.39, 0.29) is 0 Å². The van der Waals surface area contributed by atoms with Crippen molar-refractivity contribution in [1.29, 1.82) is 0 Å². The maximum atomic E-state index is 3.96. The van der Waals surface area contributed by atoms with Crippen LogP contribution in [0.3, 0.4) is 0 Å². The zero-order valence-electron chi connectivity index (χ0n) is 7.02. The van der Waals surface area contributed by atoms with E-state index in [9.17, 15) is 0 Å². The fraction of sp³-hybridized carbons (Fsp3) is 0.750. The summed E-state index contributed by atoms with van der Waals surface area (Å²) in [6.07, 6.45) is 1.24. The van der Waals surface area contributed by atoms with Gasteiger partial charge in [0.05, 0.1) is 0 Å². The monoisotopic (exact) mass is 176 g/mol. The van der Waals surface area contributed by atoms with E-state index >= 15 is 0 Å². The number of rotatable bonds is 5. The summed E-state index contributed by atoms with van der Waals surface area (Å²) in [5, 5.41) is 0.678. The molecular formula is C8H16S2. The highest BCUT2D eigenvalue weighted by Gasteiger charge is 1.98. The third-order valence-electron chi connectivity index (χ3n) is 0.834. The molecule has 0 radical (unpaired) electrons. The van der Waals surface area contributed by atoms with Crippen LogP contribution >= 0.6 is 23.5 Å². The molecule has 0 fully saturated rings. The van der Waals surface area contributed by atoms with Crippen molar-refractivity contribution in [2.24, 2.45) is 0 Å². The molecule has 60 valence electrons. The normalized spacial score (nSPS) is 10.4. The molecule has 0 unspecified atom stereocenters. The summed E-state index contributed by atoms with van der Waals surface area (Å²) < 4.78 is 1.26. The number of hydrogen-bond donors (Lipinski definition) is 0. The maximum Gasteiger partial charge on any atom is 0.0331 e. The first-order valence-electron chi connectivity index (χ1n) is 3.65. The topological polar surface area (TPSA) is 0 Å². The molecule has 0 aromatic carbocycles. The lowest BCUT2D eigenvalue weighted by molar-refractivity contribution is 1.11. The molecule has 0 amide bonds. The zero-order chi connectivity index (χ0) is 7.98. The predicted octanol–water partition coefficient (Wildman–Crippen LogP) is 3.74. The van der Waals surface area contributed by atoms with Gasteiger partial charge < -0.3 is 0 Å². The minimum absolute atomic E-state index is 0.678. The van der Waals surface area contributed by atoms with Crippen LogP contribution in [0.25, 0.3) is 0 Å². The highest BCUT2D eigenvalue weighted by atomic mass is 32.2. The molecule has 0 rings (SSSR count). The standard InChI is InChI=1S/C8H16S2/c1-5-6-9-8(4)10-7(2)3/h7H,4-6H2,1-3H3. The molecule has 0 heterocycles. The Morgan fingerprint density at radius 3 is 2.50 bits per heavy atom. The molecule has 10 heavy (non-hydrogen) atoms. The van der Waals surface area contributed by atoms with Gasteiger partial charge in [-0.1, -0.05) is 27.4 Å². The van der Waals surface area contributed by atoms with E-state index in [1.165, 1.54) is 16.4 Å². The Morgan fingerprint density at radius 1 is 1.50 bits per heavy atom. The molecule has 0 saturated carbocycles. The van der Waals surface area contributed by atoms with Gasteiger partial charge in [-0.15, -0.1) is 23.5 Å². The Balaban J connectivity index is 3.26. The first kappa shape index (κ1) is 10.4. The molecule has 0 nitrogen and oxygen atoms in total. The van der Waals surface area contributed by atoms with Crippen LogP contribution in [-0.4, -0.2) is 11.0 Å². The summed E-state index contributed by atoms with van der Waals surface area (Å²) in [4.78, 5) is 0. The molecule has 0 atom stereocenters. The third-order valence-corrected chi connectivity index (χ3v) is 3.15. The summed E-state index contributed by atoms with van der Waals surface area (Å²) >= 11 is 3.74. The average molecular weight is 176 g/mol. The van der Waals surface area contributed by atoms with Gasteiger partial charge in [-0.25, -0.2) is 0 Å². The van der Waals surface area contributed by atoms with Gasteiger partial charge in [0.25, 0.3) is 0 Å². The fourth-order valence-electron chi connectivity index (χ4n) is 0.513. The van der Waals surface area contributed by atoms with Crippen molar-refractivity contribution in [2.75, 3.05) is 5.75 Å². The summed E-state index contributed by atoms with van der Waals surface area (Å²) in [6.45, 7) is 10.5. The Bertz CT molecular complexity index is 97.4. The molecule has 0 spiro atoms. The van der Waals surface area contributed by atoms with Crippen molar-refractivity contribution in [1.82, 2.24) is 0 Å². The average Bonchev–Trinajstić information content (AvgIpc) is 1.82. The van der Waals surface area contributed by atoms with Crippen LogP contribution in [0.1, 0.15) is 27.2 Å². The van der Waals surface area contributed by atoms with Gasteiger partial charge >= 0.3 is 0 Å². The van der Waals surface area contributed by atoms with Crippen LogP contribution in [-0.2, 0) is 0 Å². The van der Waals surface area contributed by atoms with Crippen molar-refractivity contribution < 1.29 is 0 Å². The highest BCUT2D eigenvalue weighted by Crippen LogP contribution is 2.29. The van der Waals surface area contributed by atoms with Crippen molar-refractivity contribution in [3.63, 3.8) is 0 Å². The quantitative estimate of drug-likeness (QED) is 0.626. The molecule has 0 aliphatic carbocycles. The third kappa shape index (κ3) is 6.56. The molecule has 0 aromatic rings. The van der Waals surface area contributed by atoms with Crippen LogP contribution in [0.5, 0.6) is 0 Å². The Morgan fingerprint density at radius 2 is 2.10 bits per heavy atom. The van der Waals surface area contributed by atoms with Crippen molar-refractivity contribution >= 4 is 23.5 Å². The predicted molar refractivity (Wildman–Crippen MR) is 54.6 cm³/mol. The minimum atomic E-state index is 0.678. The first-order chi connectivity index (χ1) is 4.66. The molecule has 0 aliphatic heterocycles. The smallest absolute Gasteiger partial charge is 0.0331 e. The molecule has 0 aliphatic rings. The molecule has 0 bridgehead atoms. The molecular weight excluding hydrogens is 160 g/mol. The van der Waals surface area contributed by atoms with E-state index in [0.29, 0.717) is 5.25 Å². The maximum absolute atomic E-state index is 3.96. The number of hydrogen-bond acceptors (Lipinski definition) is 2. The van der Waals surface area contributed by atoms with E-state index in [1.807, 2.05) is 23.5 Å². The van der Waals surface area contributed by atoms with Crippen LogP contribution < -0.4 is 0 Å². The summed E-state index contributed by atoms with van der Waals surface area (Å²) in [6, 6.07) is 0. The van der Waals surface area contributed by atoms with E-state index < -0.39 is 0 Å². The summed E-state index contributed by atoms with van der Waals surface area (Å²) in [5.74, 6) is 1.21. The lowest BCUT2D eigenvalue weighted by Crippen LogP contribution is -1.85. The molecule has 2 heteroatoms. The molecule has 0 N–H and O–H groups in total. The second kappa shape index (κ2) is 6.17. The van der Waals surface area contributed by atoms with Gasteiger partial charge in [0.1, 0.15) is 0 Å². The van der Waals surface area contributed by atoms with Gasteiger partial charge in [-0.3, -0.25) is 0 Å². The lowest BCUT2D eigenvalue weighted by atomic mass is 10.6. The first-order valence-corrected chi connectivity index (χ1v) is 5.51. The Labute approximate surface area is 72.9 Å². The van der Waals surface area contributed by atoms with E-state index in [4.69, 9.17) is 0 Å². The van der Waals surface area contributed by atoms with Crippen molar-refractivity contribution in [3.05, 3.63) is 10.8 Å². The Hall–Kier alpha value is 0.440. The van der Waals surface area contributed by atoms with Gasteiger partial charge in [-0.05, 0) is 12.2 Å². The lowest BCUT2D eigenvalue weighted by Gasteiger charge is -2.05. The minimum Gasteiger partial charge on any atom is -0.120 e. The van der Waals surface area contributed by atoms with Crippen molar-refractivity contribution in [3.8, 4) is 0 Å². The zero-order valence-corrected chi connectivity index (χ0v) is 8.65. The number of thioether (sulfide) groups is 2. The Kier molecular flexibility index (Phi) is 6.44. The van der Waals surface area contributed by atoms with Gasteiger partial charge in [0.15, 0.2) is 0 Å².